The van der Waals surface area contributed by atoms with E-state index in [2.05, 4.69) is 44.7 Å². The Balaban J connectivity index is 3.99. The van der Waals surface area contributed by atoms with Gasteiger partial charge in [0.25, 0.3) is 0 Å². The summed E-state index contributed by atoms with van der Waals surface area (Å²) in [5.41, 5.74) is 5.58. The van der Waals surface area contributed by atoms with E-state index in [0.717, 1.165) is 26.1 Å². The van der Waals surface area contributed by atoms with Gasteiger partial charge in [-0.25, -0.2) is 0 Å². The second-order valence-corrected chi connectivity index (χ2v) is 4.88. The van der Waals surface area contributed by atoms with E-state index in [4.69, 9.17) is 5.73 Å². The van der Waals surface area contributed by atoms with Crippen LogP contribution in [0.3, 0.4) is 0 Å². The Kier molecular flexibility index (Phi) is 8.02. The fourth-order valence-electron chi connectivity index (χ4n) is 2.04. The van der Waals surface area contributed by atoms with Crippen molar-refractivity contribution in [1.29, 1.82) is 0 Å². The lowest BCUT2D eigenvalue weighted by atomic mass is 10.1. The molecule has 0 aromatic heterocycles. The molecule has 0 saturated heterocycles. The topological polar surface area (TPSA) is 32.5 Å². The zero-order valence-corrected chi connectivity index (χ0v) is 11.2. The Labute approximate surface area is 95.6 Å². The normalized spacial score (nSPS) is 16.0. The predicted molar refractivity (Wildman–Crippen MR) is 68.1 cm³/mol. The van der Waals surface area contributed by atoms with Crippen LogP contribution in [0.25, 0.3) is 0 Å². The summed E-state index contributed by atoms with van der Waals surface area (Å²) in [6.07, 6.45) is 1.13. The number of likely N-dealkylation sites (N-methyl/N-ethyl adjacent to an activating group) is 2. The lowest BCUT2D eigenvalue weighted by molar-refractivity contribution is 0.159. The van der Waals surface area contributed by atoms with Crippen molar-refractivity contribution >= 4 is 0 Å². The number of hydrogen-bond donors (Lipinski definition) is 1. The largest absolute Gasteiger partial charge is 0.330 e. The fourth-order valence-corrected chi connectivity index (χ4v) is 2.04. The van der Waals surface area contributed by atoms with Crippen molar-refractivity contribution in [3.8, 4) is 0 Å². The molecule has 0 aromatic carbocycles. The van der Waals surface area contributed by atoms with Crippen LogP contribution in [0.2, 0.25) is 0 Å². The van der Waals surface area contributed by atoms with Gasteiger partial charge in [0.05, 0.1) is 0 Å². The SMILES string of the molecule is CCN(CC(C)CCN)C(C)CN(C)C. The van der Waals surface area contributed by atoms with E-state index in [1.165, 1.54) is 6.54 Å². The predicted octanol–water partition coefficient (Wildman–Crippen LogP) is 1.24. The molecule has 15 heavy (non-hydrogen) atoms. The molecular formula is C12H29N3. The smallest absolute Gasteiger partial charge is 0.0194 e. The Bertz CT molecular complexity index is 148. The molecule has 0 fully saturated rings. The average molecular weight is 215 g/mol. The van der Waals surface area contributed by atoms with Crippen LogP contribution in [-0.2, 0) is 0 Å². The first-order chi connectivity index (χ1) is 7.01. The molecule has 2 N–H and O–H groups in total. The number of rotatable bonds is 8. The van der Waals surface area contributed by atoms with Gasteiger partial charge in [-0.3, -0.25) is 4.90 Å². The van der Waals surface area contributed by atoms with Crippen molar-refractivity contribution < 1.29 is 0 Å². The van der Waals surface area contributed by atoms with Gasteiger partial charge < -0.3 is 10.6 Å². The second kappa shape index (κ2) is 8.08. The van der Waals surface area contributed by atoms with Crippen molar-refractivity contribution in [3.05, 3.63) is 0 Å². The van der Waals surface area contributed by atoms with E-state index in [-0.39, 0.29) is 0 Å². The average Bonchev–Trinajstić information content (AvgIpc) is 2.13. The molecule has 0 rings (SSSR count). The van der Waals surface area contributed by atoms with Gasteiger partial charge in [-0.1, -0.05) is 13.8 Å². The van der Waals surface area contributed by atoms with Crippen LogP contribution < -0.4 is 5.73 Å². The Hall–Kier alpha value is -0.120. The summed E-state index contributed by atoms with van der Waals surface area (Å²) in [6.45, 7) is 11.1. The van der Waals surface area contributed by atoms with Gasteiger partial charge in [0.15, 0.2) is 0 Å². The molecule has 0 aliphatic rings. The highest BCUT2D eigenvalue weighted by molar-refractivity contribution is 4.71. The van der Waals surface area contributed by atoms with Crippen LogP contribution in [0.4, 0.5) is 0 Å². The summed E-state index contributed by atoms with van der Waals surface area (Å²) >= 11 is 0. The van der Waals surface area contributed by atoms with Crippen LogP contribution in [0, 0.1) is 5.92 Å². The lowest BCUT2D eigenvalue weighted by Crippen LogP contribution is -2.42. The second-order valence-electron chi connectivity index (χ2n) is 4.88. The van der Waals surface area contributed by atoms with Crippen LogP contribution in [0.15, 0.2) is 0 Å². The molecule has 0 saturated carbocycles. The molecule has 0 radical (unpaired) electrons. The van der Waals surface area contributed by atoms with Gasteiger partial charge in [0, 0.05) is 19.1 Å². The molecular weight excluding hydrogens is 186 g/mol. The van der Waals surface area contributed by atoms with Crippen molar-refractivity contribution in [3.63, 3.8) is 0 Å². The molecule has 3 heteroatoms. The summed E-state index contributed by atoms with van der Waals surface area (Å²) in [7, 11) is 4.27. The third-order valence-corrected chi connectivity index (χ3v) is 2.86. The number of hydrogen-bond acceptors (Lipinski definition) is 3. The van der Waals surface area contributed by atoms with Gasteiger partial charge in [-0.2, -0.15) is 0 Å². The number of nitrogens with two attached hydrogens (primary N) is 1. The lowest BCUT2D eigenvalue weighted by Gasteiger charge is -2.32. The van der Waals surface area contributed by atoms with E-state index >= 15 is 0 Å². The Morgan fingerprint density at radius 3 is 2.13 bits per heavy atom. The minimum absolute atomic E-state index is 0.630. The number of nitrogens with zero attached hydrogens (tertiary/aromatic N) is 2. The van der Waals surface area contributed by atoms with E-state index in [1.807, 2.05) is 0 Å². The minimum Gasteiger partial charge on any atom is -0.330 e. The van der Waals surface area contributed by atoms with Crippen LogP contribution in [0.5, 0.6) is 0 Å². The molecule has 0 amide bonds. The van der Waals surface area contributed by atoms with E-state index < -0.39 is 0 Å². The molecule has 92 valence electrons. The molecule has 3 nitrogen and oxygen atoms in total. The van der Waals surface area contributed by atoms with Crippen LogP contribution >= 0.6 is 0 Å². The highest BCUT2D eigenvalue weighted by Gasteiger charge is 2.15. The third kappa shape index (κ3) is 6.88. The van der Waals surface area contributed by atoms with Gasteiger partial charge in [0.2, 0.25) is 0 Å². The first kappa shape index (κ1) is 14.9. The molecule has 0 aromatic rings. The molecule has 2 atom stereocenters. The molecule has 0 spiro atoms. The quantitative estimate of drug-likeness (QED) is 0.661. The van der Waals surface area contributed by atoms with Crippen LogP contribution in [-0.4, -0.2) is 56.1 Å². The van der Waals surface area contributed by atoms with Gasteiger partial charge in [0.1, 0.15) is 0 Å². The zero-order chi connectivity index (χ0) is 11.8. The Morgan fingerprint density at radius 1 is 1.13 bits per heavy atom. The molecule has 0 bridgehead atoms. The van der Waals surface area contributed by atoms with Crippen molar-refractivity contribution in [2.75, 3.05) is 40.3 Å². The van der Waals surface area contributed by atoms with Gasteiger partial charge >= 0.3 is 0 Å². The van der Waals surface area contributed by atoms with E-state index in [0.29, 0.717) is 12.0 Å². The highest BCUT2D eigenvalue weighted by atomic mass is 15.2. The first-order valence-corrected chi connectivity index (χ1v) is 6.10. The highest BCUT2D eigenvalue weighted by Crippen LogP contribution is 2.08. The molecule has 2 unspecified atom stereocenters. The standard InChI is InChI=1S/C12H29N3/c1-6-15(9-11(2)7-8-13)12(3)10-14(4)5/h11-12H,6-10,13H2,1-5H3. The minimum atomic E-state index is 0.630. The van der Waals surface area contributed by atoms with Crippen molar-refractivity contribution in [2.45, 2.75) is 33.2 Å². The maximum Gasteiger partial charge on any atom is 0.0194 e. The summed E-state index contributed by atoms with van der Waals surface area (Å²) in [6, 6.07) is 0.630. The molecule has 0 aliphatic carbocycles. The fraction of sp³-hybridized carbons (Fsp3) is 1.00. The van der Waals surface area contributed by atoms with E-state index in [1.54, 1.807) is 0 Å². The van der Waals surface area contributed by atoms with Crippen molar-refractivity contribution in [2.24, 2.45) is 11.7 Å². The summed E-state index contributed by atoms with van der Waals surface area (Å²) < 4.78 is 0. The first-order valence-electron chi connectivity index (χ1n) is 6.10. The summed E-state index contributed by atoms with van der Waals surface area (Å²) in [5, 5.41) is 0. The third-order valence-electron chi connectivity index (χ3n) is 2.86. The Morgan fingerprint density at radius 2 is 1.73 bits per heavy atom. The summed E-state index contributed by atoms with van der Waals surface area (Å²) in [5.74, 6) is 0.708. The molecule has 0 heterocycles. The van der Waals surface area contributed by atoms with Crippen LogP contribution in [0.1, 0.15) is 27.2 Å². The zero-order valence-electron chi connectivity index (χ0n) is 11.2. The van der Waals surface area contributed by atoms with Gasteiger partial charge in [-0.05, 0) is 46.4 Å². The monoisotopic (exact) mass is 215 g/mol. The van der Waals surface area contributed by atoms with Crippen molar-refractivity contribution in [1.82, 2.24) is 9.80 Å². The van der Waals surface area contributed by atoms with E-state index in [9.17, 15) is 0 Å². The van der Waals surface area contributed by atoms with Gasteiger partial charge in [-0.15, -0.1) is 0 Å². The maximum atomic E-state index is 5.58. The molecule has 0 aliphatic heterocycles. The maximum absolute atomic E-state index is 5.58. The summed E-state index contributed by atoms with van der Waals surface area (Å²) in [4.78, 5) is 4.79.